The third-order valence-electron chi connectivity index (χ3n) is 2.34. The Morgan fingerprint density at radius 2 is 2.19 bits per heavy atom. The number of hydrogen-bond donors (Lipinski definition) is 1. The average Bonchev–Trinajstić information content (AvgIpc) is 2.39. The standard InChI is InChI=1S/C10H12N2O3S/c1-8-3-2-4-9(5-8)6-12-7-10(13)11-16(12,14)15/h2-5H,6-7H2,1H3,(H,11,13). The van der Waals surface area contributed by atoms with Gasteiger partial charge in [-0.25, -0.2) is 4.72 Å². The molecule has 1 N–H and O–H groups in total. The van der Waals surface area contributed by atoms with Gasteiger partial charge in [0.05, 0.1) is 6.54 Å². The fraction of sp³-hybridized carbons (Fsp3) is 0.300. The van der Waals surface area contributed by atoms with Crippen LogP contribution in [0.25, 0.3) is 0 Å². The maximum atomic E-state index is 11.5. The first-order chi connectivity index (χ1) is 7.47. The van der Waals surface area contributed by atoms with E-state index in [1.165, 1.54) is 0 Å². The fourth-order valence-electron chi connectivity index (χ4n) is 1.64. The lowest BCUT2D eigenvalue weighted by atomic mass is 10.1. The summed E-state index contributed by atoms with van der Waals surface area (Å²) in [6.45, 7) is 2.06. The number of nitrogens with one attached hydrogen (secondary N) is 1. The molecule has 1 aliphatic heterocycles. The summed E-state index contributed by atoms with van der Waals surface area (Å²) >= 11 is 0. The van der Waals surface area contributed by atoms with E-state index in [0.717, 1.165) is 15.4 Å². The van der Waals surface area contributed by atoms with Crippen LogP contribution in [0, 0.1) is 6.92 Å². The Kier molecular flexibility index (Phi) is 2.69. The maximum Gasteiger partial charge on any atom is 0.304 e. The topological polar surface area (TPSA) is 66.5 Å². The Hall–Kier alpha value is -1.40. The number of rotatable bonds is 2. The first kappa shape index (κ1) is 11.1. The zero-order chi connectivity index (χ0) is 11.8. The molecule has 1 heterocycles. The number of hydrogen-bond acceptors (Lipinski definition) is 3. The number of benzene rings is 1. The third kappa shape index (κ3) is 2.23. The maximum absolute atomic E-state index is 11.5. The summed E-state index contributed by atoms with van der Waals surface area (Å²) < 4.78 is 26.0. The van der Waals surface area contributed by atoms with Crippen LogP contribution < -0.4 is 4.72 Å². The van der Waals surface area contributed by atoms with Crippen molar-refractivity contribution in [2.75, 3.05) is 6.54 Å². The lowest BCUT2D eigenvalue weighted by Gasteiger charge is -2.12. The van der Waals surface area contributed by atoms with Gasteiger partial charge in [0.25, 0.3) is 0 Å². The summed E-state index contributed by atoms with van der Waals surface area (Å²) in [7, 11) is -3.61. The van der Waals surface area contributed by atoms with Crippen LogP contribution >= 0.6 is 0 Å². The molecule has 0 spiro atoms. The molecular weight excluding hydrogens is 228 g/mol. The molecule has 0 atom stereocenters. The lowest BCUT2D eigenvalue weighted by molar-refractivity contribution is -0.118. The molecule has 1 aliphatic rings. The molecule has 0 unspecified atom stereocenters. The van der Waals surface area contributed by atoms with E-state index in [-0.39, 0.29) is 13.1 Å². The van der Waals surface area contributed by atoms with E-state index in [4.69, 9.17) is 0 Å². The molecule has 16 heavy (non-hydrogen) atoms. The van der Waals surface area contributed by atoms with Crippen LogP contribution in [0.5, 0.6) is 0 Å². The molecule has 0 radical (unpaired) electrons. The Morgan fingerprint density at radius 3 is 2.75 bits per heavy atom. The highest BCUT2D eigenvalue weighted by atomic mass is 32.2. The molecule has 0 bridgehead atoms. The van der Waals surface area contributed by atoms with E-state index < -0.39 is 16.1 Å². The second-order valence-electron chi connectivity index (χ2n) is 3.79. The van der Waals surface area contributed by atoms with Crippen LogP contribution in [0.15, 0.2) is 24.3 Å². The molecule has 86 valence electrons. The summed E-state index contributed by atoms with van der Waals surface area (Å²) in [5.41, 5.74) is 1.94. The van der Waals surface area contributed by atoms with Gasteiger partial charge in [-0.3, -0.25) is 4.79 Å². The van der Waals surface area contributed by atoms with Gasteiger partial charge in [0.15, 0.2) is 0 Å². The second kappa shape index (κ2) is 3.88. The molecule has 1 saturated heterocycles. The van der Waals surface area contributed by atoms with Gasteiger partial charge in [-0.15, -0.1) is 0 Å². The van der Waals surface area contributed by atoms with Gasteiger partial charge >= 0.3 is 10.2 Å². The zero-order valence-corrected chi connectivity index (χ0v) is 9.62. The van der Waals surface area contributed by atoms with Crippen molar-refractivity contribution in [2.24, 2.45) is 0 Å². The summed E-state index contributed by atoms with van der Waals surface area (Å²) in [5.74, 6) is -0.479. The van der Waals surface area contributed by atoms with E-state index in [1.54, 1.807) is 0 Å². The first-order valence-electron chi connectivity index (χ1n) is 4.84. The normalized spacial score (nSPS) is 19.7. The molecule has 2 rings (SSSR count). The van der Waals surface area contributed by atoms with Gasteiger partial charge in [-0.1, -0.05) is 29.8 Å². The van der Waals surface area contributed by atoms with E-state index >= 15 is 0 Å². The molecular formula is C10H12N2O3S. The molecule has 1 amide bonds. The fourth-order valence-corrected chi connectivity index (χ4v) is 2.73. The van der Waals surface area contributed by atoms with Crippen LogP contribution in [-0.2, 0) is 21.5 Å². The van der Waals surface area contributed by atoms with Crippen molar-refractivity contribution in [1.82, 2.24) is 9.03 Å². The predicted molar refractivity (Wildman–Crippen MR) is 58.7 cm³/mol. The average molecular weight is 240 g/mol. The monoisotopic (exact) mass is 240 g/mol. The summed E-state index contributed by atoms with van der Waals surface area (Å²) in [5, 5.41) is 0. The first-order valence-corrected chi connectivity index (χ1v) is 6.28. The van der Waals surface area contributed by atoms with Crippen molar-refractivity contribution in [2.45, 2.75) is 13.5 Å². The molecule has 1 fully saturated rings. The van der Waals surface area contributed by atoms with Crippen molar-refractivity contribution < 1.29 is 13.2 Å². The Morgan fingerprint density at radius 1 is 1.44 bits per heavy atom. The highest BCUT2D eigenvalue weighted by molar-refractivity contribution is 7.88. The van der Waals surface area contributed by atoms with Gasteiger partial charge < -0.3 is 0 Å². The Labute approximate surface area is 94.3 Å². The largest absolute Gasteiger partial charge is 0.304 e. The molecule has 0 aliphatic carbocycles. The summed E-state index contributed by atoms with van der Waals surface area (Å²) in [6, 6.07) is 7.54. The SMILES string of the molecule is Cc1cccc(CN2CC(=O)NS2(=O)=O)c1. The van der Waals surface area contributed by atoms with Crippen LogP contribution in [0.4, 0.5) is 0 Å². The van der Waals surface area contributed by atoms with E-state index in [2.05, 4.69) is 0 Å². The van der Waals surface area contributed by atoms with Gasteiger partial charge in [0, 0.05) is 6.54 Å². The highest BCUT2D eigenvalue weighted by Crippen LogP contribution is 2.13. The van der Waals surface area contributed by atoms with Crippen LogP contribution in [0.1, 0.15) is 11.1 Å². The Balaban J connectivity index is 2.20. The highest BCUT2D eigenvalue weighted by Gasteiger charge is 2.33. The number of carbonyl (C=O) groups is 1. The zero-order valence-electron chi connectivity index (χ0n) is 8.80. The van der Waals surface area contributed by atoms with Crippen LogP contribution in [0.3, 0.4) is 0 Å². The summed E-state index contributed by atoms with van der Waals surface area (Å²) in [4.78, 5) is 11.0. The predicted octanol–water partition coefficient (Wildman–Crippen LogP) is 0.172. The minimum atomic E-state index is -3.61. The van der Waals surface area contributed by atoms with E-state index in [9.17, 15) is 13.2 Å². The van der Waals surface area contributed by atoms with Crippen LogP contribution in [0.2, 0.25) is 0 Å². The third-order valence-corrected chi connectivity index (χ3v) is 3.77. The number of aryl methyl sites for hydroxylation is 1. The number of nitrogens with zero attached hydrogens (tertiary/aromatic N) is 1. The molecule has 5 nitrogen and oxygen atoms in total. The van der Waals surface area contributed by atoms with Crippen LogP contribution in [-0.4, -0.2) is 25.2 Å². The molecule has 0 saturated carbocycles. The second-order valence-corrected chi connectivity index (χ2v) is 5.46. The molecule has 1 aromatic rings. The minimum absolute atomic E-state index is 0.101. The molecule has 6 heteroatoms. The lowest BCUT2D eigenvalue weighted by Crippen LogP contribution is -2.29. The Bertz CT molecular complexity index is 525. The van der Waals surface area contributed by atoms with Crippen molar-refractivity contribution >= 4 is 16.1 Å². The molecule has 1 aromatic carbocycles. The van der Waals surface area contributed by atoms with E-state index in [0.29, 0.717) is 0 Å². The minimum Gasteiger partial charge on any atom is -0.272 e. The quantitative estimate of drug-likeness (QED) is 0.801. The van der Waals surface area contributed by atoms with Gasteiger partial charge in [-0.2, -0.15) is 12.7 Å². The van der Waals surface area contributed by atoms with Crippen molar-refractivity contribution in [3.05, 3.63) is 35.4 Å². The van der Waals surface area contributed by atoms with E-state index in [1.807, 2.05) is 35.9 Å². The smallest absolute Gasteiger partial charge is 0.272 e. The van der Waals surface area contributed by atoms with Crippen molar-refractivity contribution in [1.29, 1.82) is 0 Å². The van der Waals surface area contributed by atoms with Gasteiger partial charge in [0.2, 0.25) is 5.91 Å². The summed E-state index contributed by atoms with van der Waals surface area (Å²) in [6.07, 6.45) is 0. The van der Waals surface area contributed by atoms with Crippen molar-refractivity contribution in [3.8, 4) is 0 Å². The van der Waals surface area contributed by atoms with Crippen molar-refractivity contribution in [3.63, 3.8) is 0 Å². The van der Waals surface area contributed by atoms with Gasteiger partial charge in [0.1, 0.15) is 0 Å². The molecule has 0 aromatic heterocycles. The van der Waals surface area contributed by atoms with Gasteiger partial charge in [-0.05, 0) is 12.5 Å². The number of amides is 1. The number of carbonyl (C=O) groups excluding carboxylic acids is 1.